The Bertz CT molecular complexity index is 916. The maximum atomic E-state index is 12.9. The third kappa shape index (κ3) is 3.26. The van der Waals surface area contributed by atoms with Gasteiger partial charge in [-0.05, 0) is 23.8 Å². The topological polar surface area (TPSA) is 52.3 Å². The van der Waals surface area contributed by atoms with Crippen LogP contribution in [0.15, 0.2) is 59.3 Å². The number of nitrogens with zero attached hydrogens (tertiary/aromatic N) is 1. The first-order chi connectivity index (χ1) is 11.9. The second-order valence-corrected chi connectivity index (χ2v) is 5.19. The van der Waals surface area contributed by atoms with Gasteiger partial charge in [-0.25, -0.2) is 4.79 Å². The van der Waals surface area contributed by atoms with Crippen molar-refractivity contribution in [2.45, 2.75) is 6.18 Å². The Morgan fingerprint density at radius 2 is 1.84 bits per heavy atom. The summed E-state index contributed by atoms with van der Waals surface area (Å²) in [7, 11) is 1.25. The van der Waals surface area contributed by atoms with Crippen molar-refractivity contribution in [3.63, 3.8) is 0 Å². The summed E-state index contributed by atoms with van der Waals surface area (Å²) in [4.78, 5) is 11.9. The molecule has 0 aliphatic heterocycles. The minimum atomic E-state index is -4.46. The highest BCUT2D eigenvalue weighted by atomic mass is 19.4. The van der Waals surface area contributed by atoms with Crippen molar-refractivity contribution >= 4 is 5.97 Å². The van der Waals surface area contributed by atoms with E-state index in [0.717, 1.165) is 12.1 Å². The van der Waals surface area contributed by atoms with Gasteiger partial charge in [0, 0.05) is 11.1 Å². The fourth-order valence-electron chi connectivity index (χ4n) is 2.48. The molecule has 4 nitrogen and oxygen atoms in total. The first-order valence-corrected chi connectivity index (χ1v) is 7.21. The molecule has 0 saturated carbocycles. The molecular weight excluding hydrogens is 335 g/mol. The molecule has 3 aromatic rings. The quantitative estimate of drug-likeness (QED) is 0.638. The molecule has 0 spiro atoms. The van der Waals surface area contributed by atoms with E-state index < -0.39 is 17.7 Å². The molecule has 1 heterocycles. The van der Waals surface area contributed by atoms with Gasteiger partial charge in [0.1, 0.15) is 12.0 Å². The summed E-state index contributed by atoms with van der Waals surface area (Å²) in [6.45, 7) is 0. The van der Waals surface area contributed by atoms with Gasteiger partial charge in [-0.1, -0.05) is 35.5 Å². The lowest BCUT2D eigenvalue weighted by molar-refractivity contribution is -0.137. The van der Waals surface area contributed by atoms with Crippen molar-refractivity contribution in [1.29, 1.82) is 0 Å². The molecule has 0 saturated heterocycles. The van der Waals surface area contributed by atoms with Gasteiger partial charge in [0.2, 0.25) is 0 Å². The lowest BCUT2D eigenvalue weighted by Crippen LogP contribution is -2.05. The monoisotopic (exact) mass is 347 g/mol. The van der Waals surface area contributed by atoms with E-state index in [0.29, 0.717) is 11.1 Å². The van der Waals surface area contributed by atoms with Crippen LogP contribution in [0.2, 0.25) is 0 Å². The second kappa shape index (κ2) is 6.43. The molecule has 0 aliphatic carbocycles. The molecular formula is C18H12F3NO3. The van der Waals surface area contributed by atoms with Gasteiger partial charge < -0.3 is 9.26 Å². The third-order valence-electron chi connectivity index (χ3n) is 3.66. The molecule has 0 radical (unpaired) electrons. The van der Waals surface area contributed by atoms with Crippen LogP contribution in [0.1, 0.15) is 15.9 Å². The zero-order valence-electron chi connectivity index (χ0n) is 13.0. The van der Waals surface area contributed by atoms with Gasteiger partial charge in [0.05, 0.1) is 18.2 Å². The molecule has 0 atom stereocenters. The molecule has 0 amide bonds. The molecule has 7 heteroatoms. The number of benzene rings is 2. The Morgan fingerprint density at radius 3 is 2.56 bits per heavy atom. The zero-order chi connectivity index (χ0) is 18.0. The molecule has 3 rings (SSSR count). The van der Waals surface area contributed by atoms with Crippen molar-refractivity contribution in [3.05, 3.63) is 65.9 Å². The van der Waals surface area contributed by atoms with E-state index >= 15 is 0 Å². The molecule has 0 unspecified atom stereocenters. The third-order valence-corrected chi connectivity index (χ3v) is 3.66. The Hall–Kier alpha value is -3.09. The minimum absolute atomic E-state index is 0.243. The normalized spacial score (nSPS) is 11.4. The molecule has 0 fully saturated rings. The molecule has 1 aromatic heterocycles. The van der Waals surface area contributed by atoms with Crippen LogP contribution < -0.4 is 0 Å². The van der Waals surface area contributed by atoms with Gasteiger partial charge in [0.15, 0.2) is 0 Å². The molecule has 128 valence electrons. The summed E-state index contributed by atoms with van der Waals surface area (Å²) >= 11 is 0. The fraction of sp³-hybridized carbons (Fsp3) is 0.111. The predicted octanol–water partition coefficient (Wildman–Crippen LogP) is 4.81. The highest BCUT2D eigenvalue weighted by Gasteiger charge is 2.31. The van der Waals surface area contributed by atoms with Gasteiger partial charge in [-0.15, -0.1) is 0 Å². The van der Waals surface area contributed by atoms with Crippen LogP contribution in [0, 0.1) is 0 Å². The Morgan fingerprint density at radius 1 is 1.08 bits per heavy atom. The number of hydrogen-bond donors (Lipinski definition) is 0. The van der Waals surface area contributed by atoms with Crippen molar-refractivity contribution in [2.24, 2.45) is 0 Å². The van der Waals surface area contributed by atoms with Crippen LogP contribution in [0.25, 0.3) is 22.4 Å². The number of ether oxygens (including phenoxy) is 1. The Balaban J connectivity index is 2.14. The number of methoxy groups -OCH3 is 1. The van der Waals surface area contributed by atoms with Crippen LogP contribution >= 0.6 is 0 Å². The molecule has 2 aromatic carbocycles. The first kappa shape index (κ1) is 16.8. The number of alkyl halides is 3. The van der Waals surface area contributed by atoms with E-state index in [4.69, 9.17) is 9.26 Å². The Kier molecular flexibility index (Phi) is 4.31. The summed E-state index contributed by atoms with van der Waals surface area (Å²) in [6, 6.07) is 11.3. The van der Waals surface area contributed by atoms with Crippen LogP contribution in [0.4, 0.5) is 13.2 Å². The summed E-state index contributed by atoms with van der Waals surface area (Å²) in [5, 5.41) is 3.87. The summed E-state index contributed by atoms with van der Waals surface area (Å²) in [5.41, 5.74) is 0.773. The first-order valence-electron chi connectivity index (χ1n) is 7.21. The second-order valence-electron chi connectivity index (χ2n) is 5.19. The predicted molar refractivity (Wildman–Crippen MR) is 83.7 cm³/mol. The zero-order valence-corrected chi connectivity index (χ0v) is 13.0. The highest BCUT2D eigenvalue weighted by molar-refractivity contribution is 5.98. The molecule has 0 aliphatic rings. The average Bonchev–Trinajstić information content (AvgIpc) is 3.10. The average molecular weight is 347 g/mol. The Labute approximate surface area is 140 Å². The van der Waals surface area contributed by atoms with Gasteiger partial charge in [-0.3, -0.25) is 0 Å². The number of esters is 1. The number of halogens is 3. The smallest absolute Gasteiger partial charge is 0.416 e. The SMILES string of the molecule is COC(=O)c1ccccc1-c1nocc1-c1cccc(C(F)(F)F)c1. The van der Waals surface area contributed by atoms with Crippen molar-refractivity contribution in [1.82, 2.24) is 5.16 Å². The van der Waals surface area contributed by atoms with Gasteiger partial charge in [-0.2, -0.15) is 13.2 Å². The molecule has 0 bridgehead atoms. The maximum Gasteiger partial charge on any atom is 0.416 e. The number of carbonyl (C=O) groups excluding carboxylic acids is 1. The number of carbonyl (C=O) groups is 1. The number of aromatic nitrogens is 1. The largest absolute Gasteiger partial charge is 0.465 e. The van der Waals surface area contributed by atoms with Crippen LogP contribution in [-0.2, 0) is 10.9 Å². The van der Waals surface area contributed by atoms with Gasteiger partial charge >= 0.3 is 12.1 Å². The summed E-state index contributed by atoms with van der Waals surface area (Å²) < 4.78 is 48.5. The van der Waals surface area contributed by atoms with E-state index in [-0.39, 0.29) is 16.8 Å². The van der Waals surface area contributed by atoms with Crippen molar-refractivity contribution in [3.8, 4) is 22.4 Å². The van der Waals surface area contributed by atoms with Crippen LogP contribution in [0.3, 0.4) is 0 Å². The number of rotatable bonds is 3. The van der Waals surface area contributed by atoms with Crippen molar-refractivity contribution < 1.29 is 27.2 Å². The lowest BCUT2D eigenvalue weighted by Gasteiger charge is -2.09. The maximum absolute atomic E-state index is 12.9. The standard InChI is InChI=1S/C18H12F3NO3/c1-24-17(23)14-8-3-2-7-13(14)16-15(10-25-22-16)11-5-4-6-12(9-11)18(19,20)21/h2-10H,1H3. The van der Waals surface area contributed by atoms with Crippen LogP contribution in [-0.4, -0.2) is 18.2 Å². The fourth-order valence-corrected chi connectivity index (χ4v) is 2.48. The van der Waals surface area contributed by atoms with Crippen LogP contribution in [0.5, 0.6) is 0 Å². The van der Waals surface area contributed by atoms with E-state index in [1.54, 1.807) is 24.3 Å². The molecule has 25 heavy (non-hydrogen) atoms. The lowest BCUT2D eigenvalue weighted by atomic mass is 9.97. The summed E-state index contributed by atoms with van der Waals surface area (Å²) in [5.74, 6) is -0.575. The van der Waals surface area contributed by atoms with Gasteiger partial charge in [0.25, 0.3) is 0 Å². The minimum Gasteiger partial charge on any atom is -0.465 e. The summed E-state index contributed by atoms with van der Waals surface area (Å²) in [6.07, 6.45) is -3.21. The van der Waals surface area contributed by atoms with E-state index in [1.165, 1.54) is 25.5 Å². The molecule has 0 N–H and O–H groups in total. The van der Waals surface area contributed by atoms with E-state index in [1.807, 2.05) is 0 Å². The van der Waals surface area contributed by atoms with Crippen molar-refractivity contribution in [2.75, 3.05) is 7.11 Å². The van der Waals surface area contributed by atoms with E-state index in [9.17, 15) is 18.0 Å². The van der Waals surface area contributed by atoms with E-state index in [2.05, 4.69) is 5.16 Å². The number of hydrogen-bond acceptors (Lipinski definition) is 4. The highest BCUT2D eigenvalue weighted by Crippen LogP contribution is 2.36.